The van der Waals surface area contributed by atoms with E-state index >= 15 is 0 Å². The Hall–Kier alpha value is -3.36. The van der Waals surface area contributed by atoms with Gasteiger partial charge in [0.15, 0.2) is 0 Å². The molecule has 0 radical (unpaired) electrons. The Balaban J connectivity index is 1.64. The highest BCUT2D eigenvalue weighted by Gasteiger charge is 2.34. The molecule has 0 fully saturated rings. The molecule has 1 atom stereocenters. The van der Waals surface area contributed by atoms with Crippen molar-refractivity contribution in [1.29, 1.82) is 0 Å². The Kier molecular flexibility index (Phi) is 5.90. The minimum absolute atomic E-state index is 0.0286. The number of nitrogens with zero attached hydrogens (tertiary/aromatic N) is 1. The van der Waals surface area contributed by atoms with Crippen LogP contribution in [0.5, 0.6) is 0 Å². The second-order valence-corrected chi connectivity index (χ2v) is 8.43. The Bertz CT molecular complexity index is 1280. The average molecular weight is 472 g/mol. The zero-order valence-corrected chi connectivity index (χ0v) is 18.7. The van der Waals surface area contributed by atoms with Gasteiger partial charge in [-0.25, -0.2) is 0 Å². The van der Waals surface area contributed by atoms with E-state index in [-0.39, 0.29) is 23.8 Å². The molecule has 1 aromatic heterocycles. The van der Waals surface area contributed by atoms with Crippen LogP contribution in [0.3, 0.4) is 0 Å². The van der Waals surface area contributed by atoms with Gasteiger partial charge in [0.05, 0.1) is 11.5 Å². The first-order valence-corrected chi connectivity index (χ1v) is 10.5. The summed E-state index contributed by atoms with van der Waals surface area (Å²) in [5.41, 5.74) is 2.75. The van der Waals surface area contributed by atoms with Crippen LogP contribution >= 0.6 is 23.2 Å². The van der Waals surface area contributed by atoms with Crippen molar-refractivity contribution in [2.45, 2.75) is 26.2 Å². The van der Waals surface area contributed by atoms with Crippen LogP contribution in [0.15, 0.2) is 41.2 Å². The lowest BCUT2D eigenvalue weighted by molar-refractivity contribution is -0.123. The topological polar surface area (TPSA) is 116 Å². The highest BCUT2D eigenvalue weighted by atomic mass is 35.5. The van der Waals surface area contributed by atoms with Crippen LogP contribution in [0.1, 0.15) is 29.0 Å². The molecule has 2 heterocycles. The summed E-state index contributed by atoms with van der Waals surface area (Å²) in [4.78, 5) is 45.0. The molecule has 0 aliphatic carbocycles. The summed E-state index contributed by atoms with van der Waals surface area (Å²) in [5, 5.41) is 9.06. The molecule has 4 N–H and O–H groups in total. The number of H-pyrrole nitrogens is 1. The molecule has 0 spiro atoms. The van der Waals surface area contributed by atoms with Gasteiger partial charge in [0, 0.05) is 27.8 Å². The number of rotatable bonds is 4. The molecule has 8 nitrogen and oxygen atoms in total. The molecule has 2 amide bonds. The SMILES string of the molecule is Cc1ccc(NC(=O)[C@H]2CC(=O)Nc3nc(Nc4cc(Cl)cc(Cl)c4)[nH]c(=O)c32)cc1C. The molecule has 1 aliphatic rings. The quantitative estimate of drug-likeness (QED) is 0.446. The number of benzene rings is 2. The standard InChI is InChI=1S/C22H19Cl2N5O3/c1-10-3-4-14(5-11(10)2)25-20(31)16-9-17(30)27-19-18(16)21(32)29-22(28-19)26-15-7-12(23)6-13(24)8-15/h3-8,16H,9H2,1-2H3,(H,25,31)(H3,26,27,28,29,30,32)/t16-/m0/s1. The third-order valence-electron chi connectivity index (χ3n) is 5.17. The molecule has 164 valence electrons. The number of hydrogen-bond acceptors (Lipinski definition) is 5. The normalized spacial score (nSPS) is 15.0. The fourth-order valence-corrected chi connectivity index (χ4v) is 3.99. The molecule has 2 aromatic carbocycles. The third kappa shape index (κ3) is 4.61. The van der Waals surface area contributed by atoms with Crippen molar-refractivity contribution in [2.24, 2.45) is 0 Å². The van der Waals surface area contributed by atoms with Crippen molar-refractivity contribution in [3.8, 4) is 0 Å². The van der Waals surface area contributed by atoms with E-state index in [4.69, 9.17) is 23.2 Å². The number of aromatic nitrogens is 2. The highest BCUT2D eigenvalue weighted by Crippen LogP contribution is 2.31. The monoisotopic (exact) mass is 471 g/mol. The lowest BCUT2D eigenvalue weighted by Gasteiger charge is -2.23. The van der Waals surface area contributed by atoms with E-state index in [0.717, 1.165) is 11.1 Å². The van der Waals surface area contributed by atoms with Gasteiger partial charge in [-0.15, -0.1) is 0 Å². The van der Waals surface area contributed by atoms with E-state index in [2.05, 4.69) is 25.9 Å². The molecule has 0 saturated heterocycles. The lowest BCUT2D eigenvalue weighted by Crippen LogP contribution is -2.36. The van der Waals surface area contributed by atoms with Crippen LogP contribution in [0.25, 0.3) is 0 Å². The second-order valence-electron chi connectivity index (χ2n) is 7.55. The summed E-state index contributed by atoms with van der Waals surface area (Å²) >= 11 is 12.0. The van der Waals surface area contributed by atoms with Gasteiger partial charge in [-0.2, -0.15) is 4.98 Å². The van der Waals surface area contributed by atoms with Crippen LogP contribution in [-0.4, -0.2) is 21.8 Å². The molecule has 0 saturated carbocycles. The van der Waals surface area contributed by atoms with E-state index in [1.54, 1.807) is 24.3 Å². The summed E-state index contributed by atoms with van der Waals surface area (Å²) in [5.74, 6) is -1.75. The number of halogens is 2. The summed E-state index contributed by atoms with van der Waals surface area (Å²) in [6, 6.07) is 10.3. The van der Waals surface area contributed by atoms with Crippen LogP contribution in [0, 0.1) is 13.8 Å². The number of aryl methyl sites for hydroxylation is 2. The summed E-state index contributed by atoms with van der Waals surface area (Å²) in [6.07, 6.45) is -0.162. The first-order chi connectivity index (χ1) is 15.2. The predicted molar refractivity (Wildman–Crippen MR) is 125 cm³/mol. The van der Waals surface area contributed by atoms with E-state index < -0.39 is 23.3 Å². The number of amides is 2. The minimum Gasteiger partial charge on any atom is -0.326 e. The van der Waals surface area contributed by atoms with Crippen LogP contribution < -0.4 is 21.5 Å². The summed E-state index contributed by atoms with van der Waals surface area (Å²) in [7, 11) is 0. The fraction of sp³-hybridized carbons (Fsp3) is 0.182. The van der Waals surface area contributed by atoms with Crippen LogP contribution in [0.4, 0.5) is 23.1 Å². The molecule has 32 heavy (non-hydrogen) atoms. The molecule has 0 bridgehead atoms. The number of anilines is 4. The van der Waals surface area contributed by atoms with Crippen molar-refractivity contribution in [1.82, 2.24) is 9.97 Å². The Morgan fingerprint density at radius 1 is 1.03 bits per heavy atom. The van der Waals surface area contributed by atoms with E-state index in [9.17, 15) is 14.4 Å². The smallest absolute Gasteiger partial charge is 0.258 e. The second kappa shape index (κ2) is 8.64. The van der Waals surface area contributed by atoms with Gasteiger partial charge in [0.1, 0.15) is 5.82 Å². The Morgan fingerprint density at radius 2 is 1.75 bits per heavy atom. The largest absolute Gasteiger partial charge is 0.326 e. The van der Waals surface area contributed by atoms with Gasteiger partial charge in [0.25, 0.3) is 5.56 Å². The maximum atomic E-state index is 13.0. The first kappa shape index (κ1) is 21.9. The molecule has 10 heteroatoms. The number of aromatic amines is 1. The Morgan fingerprint density at radius 3 is 2.44 bits per heavy atom. The van der Waals surface area contributed by atoms with Crippen molar-refractivity contribution >= 4 is 58.2 Å². The van der Waals surface area contributed by atoms with Crippen molar-refractivity contribution < 1.29 is 9.59 Å². The molecule has 1 aliphatic heterocycles. The van der Waals surface area contributed by atoms with E-state index in [0.29, 0.717) is 21.4 Å². The maximum Gasteiger partial charge on any atom is 0.258 e. The summed E-state index contributed by atoms with van der Waals surface area (Å²) in [6.45, 7) is 3.90. The van der Waals surface area contributed by atoms with E-state index in [1.807, 2.05) is 26.0 Å². The Labute approximate surface area is 193 Å². The van der Waals surface area contributed by atoms with Gasteiger partial charge < -0.3 is 16.0 Å². The number of hydrogen-bond donors (Lipinski definition) is 4. The number of nitrogens with one attached hydrogen (secondary N) is 4. The molecule has 0 unspecified atom stereocenters. The molecular weight excluding hydrogens is 453 g/mol. The van der Waals surface area contributed by atoms with Crippen molar-refractivity contribution in [3.63, 3.8) is 0 Å². The zero-order valence-electron chi connectivity index (χ0n) is 17.2. The lowest BCUT2D eigenvalue weighted by atomic mass is 9.92. The fourth-order valence-electron chi connectivity index (χ4n) is 3.47. The average Bonchev–Trinajstić information content (AvgIpc) is 2.69. The van der Waals surface area contributed by atoms with Gasteiger partial charge in [0.2, 0.25) is 17.8 Å². The first-order valence-electron chi connectivity index (χ1n) is 9.75. The van der Waals surface area contributed by atoms with Crippen LogP contribution in [-0.2, 0) is 9.59 Å². The van der Waals surface area contributed by atoms with Gasteiger partial charge in [-0.05, 0) is 55.3 Å². The van der Waals surface area contributed by atoms with Gasteiger partial charge >= 0.3 is 0 Å². The minimum atomic E-state index is -0.980. The van der Waals surface area contributed by atoms with Gasteiger partial charge in [-0.3, -0.25) is 19.4 Å². The van der Waals surface area contributed by atoms with Crippen molar-refractivity contribution in [2.75, 3.05) is 16.0 Å². The number of carbonyl (C=O) groups excluding carboxylic acids is 2. The summed E-state index contributed by atoms with van der Waals surface area (Å²) < 4.78 is 0. The van der Waals surface area contributed by atoms with Crippen molar-refractivity contribution in [3.05, 3.63) is 73.5 Å². The zero-order chi connectivity index (χ0) is 23.0. The number of fused-ring (bicyclic) bond motifs is 1. The van der Waals surface area contributed by atoms with Gasteiger partial charge in [-0.1, -0.05) is 29.3 Å². The van der Waals surface area contributed by atoms with Crippen LogP contribution in [0.2, 0.25) is 10.0 Å². The van der Waals surface area contributed by atoms with E-state index in [1.165, 1.54) is 0 Å². The molecule has 4 rings (SSSR count). The maximum absolute atomic E-state index is 13.0. The number of carbonyl (C=O) groups is 2. The molecular formula is C22H19Cl2N5O3. The predicted octanol–water partition coefficient (Wildman–Crippen LogP) is 4.50. The third-order valence-corrected chi connectivity index (χ3v) is 5.60. The highest BCUT2D eigenvalue weighted by molar-refractivity contribution is 6.35. The molecule has 3 aromatic rings.